The molecular weight excluding hydrogens is 454 g/mol. The molecule has 35 heavy (non-hydrogen) atoms. The molecule has 0 amide bonds. The van der Waals surface area contributed by atoms with Gasteiger partial charge in [0.15, 0.2) is 23.1 Å². The number of nitrogens with one attached hydrogen (secondary N) is 2. The van der Waals surface area contributed by atoms with E-state index in [1.165, 1.54) is 6.07 Å². The van der Waals surface area contributed by atoms with Crippen molar-refractivity contribution in [3.05, 3.63) is 54.2 Å². The van der Waals surface area contributed by atoms with Gasteiger partial charge in [-0.3, -0.25) is 9.89 Å². The largest absolute Gasteiger partial charge is 0.481 e. The van der Waals surface area contributed by atoms with Crippen LogP contribution in [0, 0.1) is 29.4 Å². The van der Waals surface area contributed by atoms with Crippen molar-refractivity contribution in [2.24, 2.45) is 17.8 Å². The summed E-state index contributed by atoms with van der Waals surface area (Å²) in [6, 6.07) is 9.64. The molecule has 3 aliphatic carbocycles. The Kier molecular flexibility index (Phi) is 5.16. The number of rotatable bonds is 5. The number of anilines is 1. The monoisotopic (exact) mass is 476 g/mol. The first-order chi connectivity index (χ1) is 17.0. The van der Waals surface area contributed by atoms with Crippen molar-refractivity contribution in [3.8, 4) is 22.8 Å². The average Bonchev–Trinajstić information content (AvgIpc) is 3.29. The molecule has 8 nitrogen and oxygen atoms in total. The van der Waals surface area contributed by atoms with Gasteiger partial charge in [0, 0.05) is 11.6 Å². The van der Waals surface area contributed by atoms with Crippen LogP contribution in [-0.2, 0) is 4.79 Å². The summed E-state index contributed by atoms with van der Waals surface area (Å²) in [6.45, 7) is 0. The van der Waals surface area contributed by atoms with Gasteiger partial charge in [-0.05, 0) is 43.6 Å². The van der Waals surface area contributed by atoms with E-state index in [0.29, 0.717) is 16.6 Å². The number of aliphatic carboxylic acids is 1. The molecule has 1 aromatic carbocycles. The van der Waals surface area contributed by atoms with Gasteiger partial charge in [0.25, 0.3) is 0 Å². The molecule has 3 fully saturated rings. The van der Waals surface area contributed by atoms with Gasteiger partial charge in [0.1, 0.15) is 17.2 Å². The number of hydrogen-bond donors (Lipinski definition) is 3. The van der Waals surface area contributed by atoms with Crippen LogP contribution in [0.4, 0.5) is 14.6 Å². The normalized spacial score (nSPS) is 23.5. The van der Waals surface area contributed by atoms with Crippen LogP contribution in [0.5, 0.6) is 0 Å². The highest BCUT2D eigenvalue weighted by atomic mass is 19.1. The topological polar surface area (TPSA) is 117 Å². The molecule has 0 spiro atoms. The minimum absolute atomic E-state index is 0.0538. The molecule has 3 aliphatic rings. The van der Waals surface area contributed by atoms with E-state index in [9.17, 15) is 14.3 Å². The van der Waals surface area contributed by atoms with Crippen LogP contribution >= 0.6 is 0 Å². The van der Waals surface area contributed by atoms with Gasteiger partial charge < -0.3 is 10.4 Å². The number of carboxylic acids is 1. The number of fused-ring (bicyclic) bond motifs is 4. The number of aromatic amines is 1. The molecule has 0 radical (unpaired) electrons. The van der Waals surface area contributed by atoms with E-state index in [0.717, 1.165) is 31.9 Å². The Hall–Kier alpha value is -3.95. The molecule has 0 saturated heterocycles. The summed E-state index contributed by atoms with van der Waals surface area (Å²) in [5.74, 6) is -2.52. The number of benzene rings is 1. The Morgan fingerprint density at radius 1 is 1.06 bits per heavy atom. The molecule has 0 aliphatic heterocycles. The Morgan fingerprint density at radius 2 is 1.80 bits per heavy atom. The van der Waals surface area contributed by atoms with Gasteiger partial charge in [-0.1, -0.05) is 30.3 Å². The van der Waals surface area contributed by atoms with E-state index in [1.54, 1.807) is 24.3 Å². The summed E-state index contributed by atoms with van der Waals surface area (Å²) in [5.41, 5.74) is 1.16. The number of carbonyl (C=O) groups is 1. The van der Waals surface area contributed by atoms with Crippen LogP contribution in [0.15, 0.2) is 42.6 Å². The molecule has 3 saturated carbocycles. The number of hydrogen-bond acceptors (Lipinski definition) is 6. The second kappa shape index (κ2) is 8.37. The van der Waals surface area contributed by atoms with Crippen molar-refractivity contribution in [2.45, 2.75) is 31.7 Å². The van der Waals surface area contributed by atoms with Gasteiger partial charge in [-0.25, -0.2) is 23.7 Å². The van der Waals surface area contributed by atoms with E-state index >= 15 is 4.39 Å². The van der Waals surface area contributed by atoms with Crippen LogP contribution in [0.2, 0.25) is 0 Å². The SMILES string of the molecule is O=C(O)C1C2CCC(CC2)C1Nc1nc(-c2[nH]nc3ncc(F)cc23)nc(-c2ccccc2)c1F. The van der Waals surface area contributed by atoms with Gasteiger partial charge in [0.2, 0.25) is 0 Å². The number of nitrogens with zero attached hydrogens (tertiary/aromatic N) is 4. The predicted octanol–water partition coefficient (Wildman–Crippen LogP) is 4.66. The molecule has 2 bridgehead atoms. The summed E-state index contributed by atoms with van der Waals surface area (Å²) in [7, 11) is 0. The van der Waals surface area contributed by atoms with Crippen molar-refractivity contribution in [1.29, 1.82) is 0 Å². The maximum atomic E-state index is 15.9. The van der Waals surface area contributed by atoms with Crippen molar-refractivity contribution in [3.63, 3.8) is 0 Å². The summed E-state index contributed by atoms with van der Waals surface area (Å²) in [6.07, 6.45) is 4.59. The number of pyridine rings is 1. The molecule has 3 heterocycles. The third-order valence-corrected chi connectivity index (χ3v) is 7.31. The van der Waals surface area contributed by atoms with Crippen LogP contribution in [0.1, 0.15) is 25.7 Å². The van der Waals surface area contributed by atoms with Gasteiger partial charge in [-0.15, -0.1) is 0 Å². The second-order valence-corrected chi connectivity index (χ2v) is 9.26. The molecule has 178 valence electrons. The first-order valence-corrected chi connectivity index (χ1v) is 11.6. The van der Waals surface area contributed by atoms with E-state index < -0.39 is 29.6 Å². The van der Waals surface area contributed by atoms with Crippen LogP contribution in [-0.4, -0.2) is 42.3 Å². The molecule has 3 N–H and O–H groups in total. The van der Waals surface area contributed by atoms with Crippen molar-refractivity contribution < 1.29 is 18.7 Å². The lowest BCUT2D eigenvalue weighted by atomic mass is 9.61. The number of aromatic nitrogens is 5. The summed E-state index contributed by atoms with van der Waals surface area (Å²) >= 11 is 0. The summed E-state index contributed by atoms with van der Waals surface area (Å²) in [4.78, 5) is 25.0. The predicted molar refractivity (Wildman–Crippen MR) is 124 cm³/mol. The Labute approximate surface area is 198 Å². The van der Waals surface area contributed by atoms with E-state index in [-0.39, 0.29) is 34.8 Å². The first-order valence-electron chi connectivity index (χ1n) is 11.6. The van der Waals surface area contributed by atoms with E-state index in [2.05, 4.69) is 30.5 Å². The standard InChI is InChI=1S/C25H22F2N6O2/c26-15-10-16-21(32-33-22(16)28-11-15)24-30-20(13-4-2-1-3-5-13)18(27)23(31-24)29-19-14-8-6-12(7-9-14)17(19)25(34)35/h1-5,10-12,14,17,19H,6-9H2,(H,34,35)(H,28,32,33)(H,29,30,31). The molecule has 2 unspecified atom stereocenters. The lowest BCUT2D eigenvalue weighted by Gasteiger charge is -2.47. The minimum atomic E-state index is -0.879. The third-order valence-electron chi connectivity index (χ3n) is 7.31. The van der Waals surface area contributed by atoms with Gasteiger partial charge in [0.05, 0.1) is 17.5 Å². The number of carboxylic acid groups (broad SMARTS) is 1. The quantitative estimate of drug-likeness (QED) is 0.383. The molecule has 3 aromatic heterocycles. The maximum absolute atomic E-state index is 15.9. The van der Waals surface area contributed by atoms with Crippen molar-refractivity contribution in [1.82, 2.24) is 25.1 Å². The van der Waals surface area contributed by atoms with Crippen LogP contribution < -0.4 is 5.32 Å². The van der Waals surface area contributed by atoms with Crippen molar-refractivity contribution >= 4 is 22.8 Å². The number of H-pyrrole nitrogens is 1. The zero-order valence-electron chi connectivity index (χ0n) is 18.6. The molecular formula is C25H22F2N6O2. The fourth-order valence-corrected chi connectivity index (χ4v) is 5.66. The van der Waals surface area contributed by atoms with Gasteiger partial charge in [-0.2, -0.15) is 5.10 Å². The maximum Gasteiger partial charge on any atom is 0.308 e. The number of halogens is 2. The van der Waals surface area contributed by atoms with Crippen molar-refractivity contribution in [2.75, 3.05) is 5.32 Å². The van der Waals surface area contributed by atoms with E-state index in [1.807, 2.05) is 6.07 Å². The molecule has 4 aromatic rings. The molecule has 2 atom stereocenters. The summed E-state index contributed by atoms with van der Waals surface area (Å²) < 4.78 is 29.8. The lowest BCUT2D eigenvalue weighted by Crippen LogP contribution is -2.51. The highest BCUT2D eigenvalue weighted by Crippen LogP contribution is 2.46. The van der Waals surface area contributed by atoms with Crippen LogP contribution in [0.3, 0.4) is 0 Å². The lowest BCUT2D eigenvalue weighted by molar-refractivity contribution is -0.148. The van der Waals surface area contributed by atoms with Crippen LogP contribution in [0.25, 0.3) is 33.8 Å². The fourth-order valence-electron chi connectivity index (χ4n) is 5.66. The zero-order chi connectivity index (χ0) is 24.1. The second-order valence-electron chi connectivity index (χ2n) is 9.26. The fraction of sp³-hybridized carbons (Fsp3) is 0.320. The average molecular weight is 476 g/mol. The zero-order valence-corrected chi connectivity index (χ0v) is 18.6. The molecule has 7 rings (SSSR count). The Balaban J connectivity index is 1.50. The Bertz CT molecular complexity index is 1420. The minimum Gasteiger partial charge on any atom is -0.481 e. The smallest absolute Gasteiger partial charge is 0.308 e. The Morgan fingerprint density at radius 3 is 2.54 bits per heavy atom. The first kappa shape index (κ1) is 21.6. The summed E-state index contributed by atoms with van der Waals surface area (Å²) in [5, 5.41) is 20.3. The highest BCUT2D eigenvalue weighted by molar-refractivity contribution is 5.89. The van der Waals surface area contributed by atoms with Gasteiger partial charge >= 0.3 is 5.97 Å². The third kappa shape index (κ3) is 3.69. The van der Waals surface area contributed by atoms with E-state index in [4.69, 9.17) is 0 Å². The highest BCUT2D eigenvalue weighted by Gasteiger charge is 2.47. The molecule has 10 heteroatoms.